The molecule has 0 bridgehead atoms. The highest BCUT2D eigenvalue weighted by atomic mass is 16.5. The monoisotopic (exact) mass is 264 g/mol. The van der Waals surface area contributed by atoms with Gasteiger partial charge in [0.1, 0.15) is 5.75 Å². The molecule has 1 aromatic rings. The summed E-state index contributed by atoms with van der Waals surface area (Å²) in [6, 6.07) is 7.64. The van der Waals surface area contributed by atoms with Crippen LogP contribution in [0.3, 0.4) is 0 Å². The smallest absolute Gasteiger partial charge is 0.307 e. The first-order chi connectivity index (χ1) is 9.01. The van der Waals surface area contributed by atoms with Crippen molar-refractivity contribution in [3.8, 4) is 5.75 Å². The molecule has 1 heterocycles. The van der Waals surface area contributed by atoms with Crippen molar-refractivity contribution in [3.63, 3.8) is 0 Å². The van der Waals surface area contributed by atoms with Gasteiger partial charge in [-0.1, -0.05) is 26.0 Å². The number of hydrogen-bond donors (Lipinski definition) is 1. The Morgan fingerprint density at radius 1 is 1.42 bits per heavy atom. The van der Waals surface area contributed by atoms with Crippen LogP contribution >= 0.6 is 0 Å². The van der Waals surface area contributed by atoms with E-state index >= 15 is 0 Å². The van der Waals surface area contributed by atoms with Crippen molar-refractivity contribution in [2.24, 2.45) is 11.8 Å². The third-order valence-corrected chi connectivity index (χ3v) is 3.89. The molecule has 104 valence electrons. The Hall–Kier alpha value is -1.55. The number of carboxylic acids is 1. The molecule has 0 aromatic heterocycles. The van der Waals surface area contributed by atoms with E-state index in [-0.39, 0.29) is 5.92 Å². The first-order valence-corrected chi connectivity index (χ1v) is 6.46. The maximum absolute atomic E-state index is 11.6. The number of carboxylic acid groups (broad SMARTS) is 1. The molecule has 1 fully saturated rings. The number of rotatable bonds is 5. The van der Waals surface area contributed by atoms with E-state index in [2.05, 4.69) is 0 Å². The Labute approximate surface area is 113 Å². The van der Waals surface area contributed by atoms with Crippen LogP contribution in [0.4, 0.5) is 0 Å². The average Bonchev–Trinajstić information content (AvgIpc) is 2.32. The Bertz CT molecular complexity index is 463. The van der Waals surface area contributed by atoms with Crippen LogP contribution in [0.2, 0.25) is 0 Å². The van der Waals surface area contributed by atoms with E-state index in [1.54, 1.807) is 7.11 Å². The zero-order chi connectivity index (χ0) is 14.0. The molecule has 19 heavy (non-hydrogen) atoms. The Kier molecular flexibility index (Phi) is 3.80. The molecule has 1 aliphatic rings. The van der Waals surface area contributed by atoms with E-state index in [1.165, 1.54) is 0 Å². The summed E-state index contributed by atoms with van der Waals surface area (Å²) in [6.07, 6.45) is 0. The summed E-state index contributed by atoms with van der Waals surface area (Å²) >= 11 is 0. The largest absolute Gasteiger partial charge is 0.497 e. The average molecular weight is 264 g/mol. The van der Waals surface area contributed by atoms with Gasteiger partial charge in [0.25, 0.3) is 0 Å². The van der Waals surface area contributed by atoms with Gasteiger partial charge in [-0.3, -0.25) is 4.79 Å². The van der Waals surface area contributed by atoms with Crippen LogP contribution < -0.4 is 4.74 Å². The summed E-state index contributed by atoms with van der Waals surface area (Å²) in [5.74, 6) is -0.418. The van der Waals surface area contributed by atoms with E-state index in [0.717, 1.165) is 11.3 Å². The van der Waals surface area contributed by atoms with Gasteiger partial charge in [0.2, 0.25) is 0 Å². The normalized spacial score (nSPS) is 18.7. The Morgan fingerprint density at radius 3 is 2.53 bits per heavy atom. The molecule has 0 amide bonds. The molecular weight excluding hydrogens is 244 g/mol. The molecule has 4 nitrogen and oxygen atoms in total. The third kappa shape index (κ3) is 2.32. The molecule has 1 aliphatic heterocycles. The summed E-state index contributed by atoms with van der Waals surface area (Å²) < 4.78 is 10.6. The fourth-order valence-corrected chi connectivity index (χ4v) is 2.94. The van der Waals surface area contributed by atoms with E-state index < -0.39 is 17.3 Å². The third-order valence-electron chi connectivity index (χ3n) is 3.89. The Morgan fingerprint density at radius 2 is 2.11 bits per heavy atom. The lowest BCUT2D eigenvalue weighted by molar-refractivity contribution is -0.161. The van der Waals surface area contributed by atoms with Crippen LogP contribution in [0.15, 0.2) is 24.3 Å². The van der Waals surface area contributed by atoms with Crippen LogP contribution in [0, 0.1) is 11.8 Å². The summed E-state index contributed by atoms with van der Waals surface area (Å²) in [5.41, 5.74) is 0.549. The maximum atomic E-state index is 11.6. The molecule has 1 saturated heterocycles. The highest BCUT2D eigenvalue weighted by Gasteiger charge is 2.51. The molecule has 1 atom stereocenters. The molecule has 2 rings (SSSR count). The molecular formula is C15H20O4. The lowest BCUT2D eigenvalue weighted by Crippen LogP contribution is -2.56. The Balaban J connectivity index is 2.43. The van der Waals surface area contributed by atoms with Gasteiger partial charge in [0.05, 0.1) is 31.7 Å². The minimum atomic E-state index is -0.763. The number of ether oxygens (including phenoxy) is 2. The highest BCUT2D eigenvalue weighted by molar-refractivity contribution is 5.73. The quantitative estimate of drug-likeness (QED) is 0.886. The SMILES string of the molecule is COc1cccc(C2(C(C(=O)O)C(C)C)COC2)c1. The van der Waals surface area contributed by atoms with Gasteiger partial charge in [-0.15, -0.1) is 0 Å². The minimum absolute atomic E-state index is 0.0487. The number of hydrogen-bond acceptors (Lipinski definition) is 3. The minimum Gasteiger partial charge on any atom is -0.497 e. The van der Waals surface area contributed by atoms with E-state index in [0.29, 0.717) is 13.2 Å². The van der Waals surface area contributed by atoms with Gasteiger partial charge in [-0.25, -0.2) is 0 Å². The van der Waals surface area contributed by atoms with Crippen LogP contribution in [0.25, 0.3) is 0 Å². The van der Waals surface area contributed by atoms with Gasteiger partial charge in [-0.05, 0) is 23.6 Å². The van der Waals surface area contributed by atoms with Crippen molar-refractivity contribution in [1.29, 1.82) is 0 Å². The maximum Gasteiger partial charge on any atom is 0.307 e. The molecule has 1 unspecified atom stereocenters. The predicted molar refractivity (Wildman–Crippen MR) is 71.5 cm³/mol. The molecule has 0 spiro atoms. The van der Waals surface area contributed by atoms with Gasteiger partial charge < -0.3 is 14.6 Å². The molecule has 1 N–H and O–H groups in total. The topological polar surface area (TPSA) is 55.8 Å². The van der Waals surface area contributed by atoms with E-state index in [4.69, 9.17) is 9.47 Å². The van der Waals surface area contributed by atoms with Crippen LogP contribution in [0.5, 0.6) is 5.75 Å². The lowest BCUT2D eigenvalue weighted by atomic mass is 9.64. The first-order valence-electron chi connectivity index (χ1n) is 6.46. The molecule has 0 aliphatic carbocycles. The van der Waals surface area contributed by atoms with Gasteiger partial charge in [-0.2, -0.15) is 0 Å². The first kappa shape index (κ1) is 13.9. The fraction of sp³-hybridized carbons (Fsp3) is 0.533. The van der Waals surface area contributed by atoms with Crippen molar-refractivity contribution in [1.82, 2.24) is 0 Å². The van der Waals surface area contributed by atoms with Crippen molar-refractivity contribution in [2.45, 2.75) is 19.3 Å². The van der Waals surface area contributed by atoms with Crippen LogP contribution in [-0.2, 0) is 14.9 Å². The molecule has 0 radical (unpaired) electrons. The summed E-state index contributed by atoms with van der Waals surface area (Å²) in [7, 11) is 1.61. The van der Waals surface area contributed by atoms with Crippen LogP contribution in [-0.4, -0.2) is 31.4 Å². The van der Waals surface area contributed by atoms with Crippen molar-refractivity contribution in [2.75, 3.05) is 20.3 Å². The molecule has 0 saturated carbocycles. The molecule has 4 heteroatoms. The van der Waals surface area contributed by atoms with Gasteiger partial charge in [0, 0.05) is 0 Å². The van der Waals surface area contributed by atoms with Crippen molar-refractivity contribution < 1.29 is 19.4 Å². The predicted octanol–water partition coefficient (Wildman–Crippen LogP) is 2.32. The second-order valence-electron chi connectivity index (χ2n) is 5.44. The van der Waals surface area contributed by atoms with Crippen molar-refractivity contribution >= 4 is 5.97 Å². The summed E-state index contributed by atoms with van der Waals surface area (Å²) in [5, 5.41) is 9.55. The fourth-order valence-electron chi connectivity index (χ4n) is 2.94. The van der Waals surface area contributed by atoms with Crippen LogP contribution in [0.1, 0.15) is 19.4 Å². The zero-order valence-electron chi connectivity index (χ0n) is 11.6. The second kappa shape index (κ2) is 5.21. The summed E-state index contributed by atoms with van der Waals surface area (Å²) in [6.45, 7) is 4.79. The second-order valence-corrected chi connectivity index (χ2v) is 5.44. The number of benzene rings is 1. The number of methoxy groups -OCH3 is 1. The summed E-state index contributed by atoms with van der Waals surface area (Å²) in [4.78, 5) is 11.6. The lowest BCUT2D eigenvalue weighted by Gasteiger charge is -2.47. The zero-order valence-corrected chi connectivity index (χ0v) is 11.6. The van der Waals surface area contributed by atoms with Gasteiger partial charge in [0.15, 0.2) is 0 Å². The molecule has 1 aromatic carbocycles. The van der Waals surface area contributed by atoms with E-state index in [1.807, 2.05) is 38.1 Å². The number of carbonyl (C=O) groups is 1. The number of aliphatic carboxylic acids is 1. The van der Waals surface area contributed by atoms with Crippen molar-refractivity contribution in [3.05, 3.63) is 29.8 Å². The van der Waals surface area contributed by atoms with E-state index in [9.17, 15) is 9.90 Å². The van der Waals surface area contributed by atoms with Gasteiger partial charge >= 0.3 is 5.97 Å². The standard InChI is InChI=1S/C15H20O4/c1-10(2)13(14(16)17)15(8-19-9-15)11-5-4-6-12(7-11)18-3/h4-7,10,13H,8-9H2,1-3H3,(H,16,17). The highest BCUT2D eigenvalue weighted by Crippen LogP contribution is 2.43.